The molecule has 2 fully saturated rings. The van der Waals surface area contributed by atoms with E-state index in [4.69, 9.17) is 9.47 Å². The molecule has 0 spiro atoms. The summed E-state index contributed by atoms with van der Waals surface area (Å²) in [5.74, 6) is 1.59. The maximum Gasteiger partial charge on any atom is 0.171 e. The Kier molecular flexibility index (Phi) is 3.19. The molecule has 4 heteroatoms. The van der Waals surface area contributed by atoms with Gasteiger partial charge in [0.25, 0.3) is 0 Å². The van der Waals surface area contributed by atoms with Crippen molar-refractivity contribution in [1.82, 2.24) is 5.32 Å². The first-order chi connectivity index (χ1) is 9.22. The number of ketones is 1. The maximum atomic E-state index is 12.7. The van der Waals surface area contributed by atoms with E-state index in [1.54, 1.807) is 26.4 Å². The third-order valence-electron chi connectivity index (χ3n) is 4.31. The molecule has 1 N–H and O–H groups in total. The van der Waals surface area contributed by atoms with E-state index >= 15 is 0 Å². The van der Waals surface area contributed by atoms with E-state index in [0.717, 1.165) is 12.8 Å². The second-order valence-corrected chi connectivity index (χ2v) is 5.32. The summed E-state index contributed by atoms with van der Waals surface area (Å²) in [6.45, 7) is 0. The molecule has 3 atom stereocenters. The molecule has 3 rings (SSSR count). The van der Waals surface area contributed by atoms with Gasteiger partial charge in [0.2, 0.25) is 0 Å². The highest BCUT2D eigenvalue weighted by molar-refractivity contribution is 6.01. The lowest BCUT2D eigenvalue weighted by Crippen LogP contribution is -2.29. The van der Waals surface area contributed by atoms with E-state index in [0.29, 0.717) is 29.1 Å². The number of Topliss-reactive ketones (excluding diaryl/α,β-unsaturated/α-hetero) is 1. The van der Waals surface area contributed by atoms with Crippen LogP contribution in [0.3, 0.4) is 0 Å². The zero-order chi connectivity index (χ0) is 13.4. The van der Waals surface area contributed by atoms with Crippen LogP contribution in [0.25, 0.3) is 0 Å². The minimum Gasteiger partial charge on any atom is -0.497 e. The fourth-order valence-electron chi connectivity index (χ4n) is 3.32. The quantitative estimate of drug-likeness (QED) is 0.842. The van der Waals surface area contributed by atoms with Gasteiger partial charge < -0.3 is 14.8 Å². The Morgan fingerprint density at radius 3 is 2.68 bits per heavy atom. The Labute approximate surface area is 113 Å². The number of nitrogens with one attached hydrogen (secondary N) is 1. The number of carbonyl (C=O) groups is 1. The van der Waals surface area contributed by atoms with Gasteiger partial charge in [-0.05, 0) is 37.5 Å². The summed E-state index contributed by atoms with van der Waals surface area (Å²) in [6, 6.07) is 6.26. The van der Waals surface area contributed by atoms with Crippen LogP contribution < -0.4 is 14.8 Å². The molecule has 2 heterocycles. The van der Waals surface area contributed by atoms with E-state index in [-0.39, 0.29) is 11.7 Å². The average molecular weight is 261 g/mol. The second-order valence-electron chi connectivity index (χ2n) is 5.32. The Hall–Kier alpha value is -1.55. The molecular weight excluding hydrogens is 242 g/mol. The lowest BCUT2D eigenvalue weighted by atomic mass is 9.83. The van der Waals surface area contributed by atoms with Gasteiger partial charge in [0.1, 0.15) is 11.5 Å². The lowest BCUT2D eigenvalue weighted by molar-refractivity contribution is 0.0897. The van der Waals surface area contributed by atoms with Crippen molar-refractivity contribution in [1.29, 1.82) is 0 Å². The van der Waals surface area contributed by atoms with Crippen LogP contribution in [0, 0.1) is 5.92 Å². The van der Waals surface area contributed by atoms with Gasteiger partial charge >= 0.3 is 0 Å². The zero-order valence-corrected chi connectivity index (χ0v) is 11.3. The highest BCUT2D eigenvalue weighted by atomic mass is 16.5. The van der Waals surface area contributed by atoms with Crippen LogP contribution in [-0.4, -0.2) is 32.1 Å². The Morgan fingerprint density at radius 1 is 1.26 bits per heavy atom. The number of hydrogen-bond acceptors (Lipinski definition) is 4. The molecule has 0 amide bonds. The molecule has 2 aliphatic heterocycles. The molecule has 0 aliphatic carbocycles. The number of methoxy groups -OCH3 is 2. The minimum atomic E-state index is 0.0831. The minimum absolute atomic E-state index is 0.0831. The van der Waals surface area contributed by atoms with E-state index in [9.17, 15) is 4.79 Å². The second kappa shape index (κ2) is 4.85. The number of hydrogen-bond donors (Lipinski definition) is 1. The van der Waals surface area contributed by atoms with Gasteiger partial charge in [0.15, 0.2) is 5.78 Å². The number of ether oxygens (including phenoxy) is 2. The molecule has 2 aliphatic rings. The Balaban J connectivity index is 1.90. The topological polar surface area (TPSA) is 47.6 Å². The van der Waals surface area contributed by atoms with Crippen LogP contribution >= 0.6 is 0 Å². The summed E-state index contributed by atoms with van der Waals surface area (Å²) in [4.78, 5) is 12.7. The van der Waals surface area contributed by atoms with Crippen molar-refractivity contribution in [2.75, 3.05) is 14.2 Å². The van der Waals surface area contributed by atoms with Crippen molar-refractivity contribution in [3.05, 3.63) is 23.8 Å². The Morgan fingerprint density at radius 2 is 2.11 bits per heavy atom. The van der Waals surface area contributed by atoms with E-state index < -0.39 is 0 Å². The molecule has 3 unspecified atom stereocenters. The summed E-state index contributed by atoms with van der Waals surface area (Å²) in [5.41, 5.74) is 0.640. The van der Waals surface area contributed by atoms with Crippen molar-refractivity contribution in [2.24, 2.45) is 5.92 Å². The predicted molar refractivity (Wildman–Crippen MR) is 71.9 cm³/mol. The first-order valence-electron chi connectivity index (χ1n) is 6.75. The third kappa shape index (κ3) is 2.10. The normalized spacial score (nSPS) is 28.4. The van der Waals surface area contributed by atoms with Gasteiger partial charge in [-0.15, -0.1) is 0 Å². The molecule has 1 aromatic rings. The van der Waals surface area contributed by atoms with E-state index in [1.165, 1.54) is 6.42 Å². The average Bonchev–Trinajstić information content (AvgIpc) is 3.08. The van der Waals surface area contributed by atoms with Gasteiger partial charge in [0, 0.05) is 18.0 Å². The van der Waals surface area contributed by atoms with E-state index in [1.807, 2.05) is 6.07 Å². The summed E-state index contributed by atoms with van der Waals surface area (Å²) in [7, 11) is 3.20. The van der Waals surface area contributed by atoms with E-state index in [2.05, 4.69) is 5.32 Å². The molecule has 0 aromatic heterocycles. The number of carbonyl (C=O) groups excluding carboxylic acids is 1. The monoisotopic (exact) mass is 261 g/mol. The smallest absolute Gasteiger partial charge is 0.171 e. The molecule has 19 heavy (non-hydrogen) atoms. The number of benzene rings is 1. The molecule has 2 saturated heterocycles. The molecule has 2 bridgehead atoms. The molecular formula is C15H19NO3. The summed E-state index contributed by atoms with van der Waals surface area (Å²) >= 11 is 0. The SMILES string of the molecule is COc1ccc(OC)c(C(=O)C2CC3CCC2N3)c1. The van der Waals surface area contributed by atoms with Crippen molar-refractivity contribution < 1.29 is 14.3 Å². The molecule has 102 valence electrons. The maximum absolute atomic E-state index is 12.7. The zero-order valence-electron chi connectivity index (χ0n) is 11.3. The van der Waals surface area contributed by atoms with Gasteiger partial charge in [-0.25, -0.2) is 0 Å². The molecule has 4 nitrogen and oxygen atoms in total. The van der Waals surface area contributed by atoms with Gasteiger partial charge in [0.05, 0.1) is 19.8 Å². The van der Waals surface area contributed by atoms with Crippen LogP contribution in [0.5, 0.6) is 11.5 Å². The lowest BCUT2D eigenvalue weighted by Gasteiger charge is -2.20. The standard InChI is InChI=1S/C15H19NO3/c1-18-10-4-6-14(19-2)12(8-10)15(17)11-7-9-3-5-13(11)16-9/h4,6,8-9,11,13,16H,3,5,7H2,1-2H3. The van der Waals surface area contributed by atoms with Gasteiger partial charge in [-0.2, -0.15) is 0 Å². The predicted octanol–water partition coefficient (Wildman–Crippen LogP) is 2.03. The van der Waals surface area contributed by atoms with Crippen molar-refractivity contribution in [3.8, 4) is 11.5 Å². The highest BCUT2D eigenvalue weighted by Gasteiger charge is 2.43. The number of fused-ring (bicyclic) bond motifs is 2. The Bertz CT molecular complexity index is 500. The van der Waals surface area contributed by atoms with Crippen molar-refractivity contribution in [3.63, 3.8) is 0 Å². The molecule has 0 radical (unpaired) electrons. The fraction of sp³-hybridized carbons (Fsp3) is 0.533. The third-order valence-corrected chi connectivity index (χ3v) is 4.31. The van der Waals surface area contributed by atoms with Crippen LogP contribution in [0.4, 0.5) is 0 Å². The van der Waals surface area contributed by atoms with Crippen LogP contribution in [0.15, 0.2) is 18.2 Å². The van der Waals surface area contributed by atoms with Crippen molar-refractivity contribution in [2.45, 2.75) is 31.3 Å². The van der Waals surface area contributed by atoms with Crippen LogP contribution in [0.2, 0.25) is 0 Å². The summed E-state index contributed by atoms with van der Waals surface area (Å²) in [5, 5.41) is 3.50. The van der Waals surface area contributed by atoms with Gasteiger partial charge in [-0.3, -0.25) is 4.79 Å². The first-order valence-corrected chi connectivity index (χ1v) is 6.75. The summed E-state index contributed by atoms with van der Waals surface area (Å²) < 4.78 is 10.5. The van der Waals surface area contributed by atoms with Crippen LogP contribution in [-0.2, 0) is 0 Å². The molecule has 0 saturated carbocycles. The largest absolute Gasteiger partial charge is 0.497 e. The van der Waals surface area contributed by atoms with Gasteiger partial charge in [-0.1, -0.05) is 0 Å². The molecule has 1 aromatic carbocycles. The van der Waals surface area contributed by atoms with Crippen molar-refractivity contribution >= 4 is 5.78 Å². The highest BCUT2D eigenvalue weighted by Crippen LogP contribution is 2.37. The fourth-order valence-corrected chi connectivity index (χ4v) is 3.32. The van der Waals surface area contributed by atoms with Crippen LogP contribution in [0.1, 0.15) is 29.6 Å². The summed E-state index contributed by atoms with van der Waals surface area (Å²) in [6.07, 6.45) is 3.25. The first kappa shape index (κ1) is 12.5. The number of rotatable bonds is 4.